The van der Waals surface area contributed by atoms with Crippen LogP contribution in [0.3, 0.4) is 0 Å². The number of para-hydroxylation sites is 1. The van der Waals surface area contributed by atoms with Gasteiger partial charge in [-0.1, -0.05) is 18.2 Å². The standard InChI is InChI=1S/C17H17N5O3/c1-11-14(7-19-22(11)12-5-3-2-4-6-12)16(24)20-9-13(10-20)21-15(23)8-18-17(21)25/h2-7,13H,8-10H2,1H3,(H,18,25). The largest absolute Gasteiger partial charge is 0.334 e. The molecule has 0 atom stereocenters. The third-order valence-electron chi connectivity index (χ3n) is 4.63. The minimum Gasteiger partial charge on any atom is -0.334 e. The van der Waals surface area contributed by atoms with Crippen molar-refractivity contribution in [3.63, 3.8) is 0 Å². The molecule has 0 unspecified atom stereocenters. The number of likely N-dealkylation sites (tertiary alicyclic amines) is 1. The predicted molar refractivity (Wildman–Crippen MR) is 88.2 cm³/mol. The zero-order valence-corrected chi connectivity index (χ0v) is 13.7. The average molecular weight is 339 g/mol. The fraction of sp³-hybridized carbons (Fsp3) is 0.294. The number of carbonyl (C=O) groups excluding carboxylic acids is 3. The monoisotopic (exact) mass is 339 g/mol. The number of hydrogen-bond donors (Lipinski definition) is 1. The molecule has 2 aliphatic heterocycles. The molecule has 0 saturated carbocycles. The summed E-state index contributed by atoms with van der Waals surface area (Å²) in [5.41, 5.74) is 2.18. The molecular weight excluding hydrogens is 322 g/mol. The van der Waals surface area contributed by atoms with Crippen molar-refractivity contribution >= 4 is 17.8 Å². The lowest BCUT2D eigenvalue weighted by molar-refractivity contribution is -0.128. The third-order valence-corrected chi connectivity index (χ3v) is 4.63. The summed E-state index contributed by atoms with van der Waals surface area (Å²) in [5, 5.41) is 6.80. The molecule has 4 amide bonds. The van der Waals surface area contributed by atoms with Crippen LogP contribution >= 0.6 is 0 Å². The third kappa shape index (κ3) is 2.46. The second kappa shape index (κ2) is 5.73. The van der Waals surface area contributed by atoms with Gasteiger partial charge >= 0.3 is 6.03 Å². The van der Waals surface area contributed by atoms with Crippen LogP contribution in [-0.4, -0.2) is 63.1 Å². The van der Waals surface area contributed by atoms with Gasteiger partial charge in [0.15, 0.2) is 0 Å². The van der Waals surface area contributed by atoms with Crippen LogP contribution < -0.4 is 5.32 Å². The van der Waals surface area contributed by atoms with Crippen LogP contribution in [0.2, 0.25) is 0 Å². The number of imide groups is 1. The first-order valence-electron chi connectivity index (χ1n) is 8.05. The predicted octanol–water partition coefficient (Wildman–Crippen LogP) is 0.557. The van der Waals surface area contributed by atoms with E-state index in [4.69, 9.17) is 0 Å². The molecule has 0 aliphatic carbocycles. The van der Waals surface area contributed by atoms with Gasteiger partial charge in [-0.15, -0.1) is 0 Å². The zero-order valence-electron chi connectivity index (χ0n) is 13.7. The highest BCUT2D eigenvalue weighted by molar-refractivity contribution is 6.03. The van der Waals surface area contributed by atoms with E-state index in [1.165, 1.54) is 4.90 Å². The van der Waals surface area contributed by atoms with Crippen molar-refractivity contribution in [1.82, 2.24) is 24.9 Å². The first-order chi connectivity index (χ1) is 12.1. The van der Waals surface area contributed by atoms with Crippen LogP contribution in [0.5, 0.6) is 0 Å². The highest BCUT2D eigenvalue weighted by Gasteiger charge is 2.43. The maximum atomic E-state index is 12.7. The Hall–Kier alpha value is -3.16. The van der Waals surface area contributed by atoms with Gasteiger partial charge in [0, 0.05) is 13.1 Å². The Morgan fingerprint density at radius 3 is 2.56 bits per heavy atom. The molecule has 1 aromatic heterocycles. The number of aromatic nitrogens is 2. The van der Waals surface area contributed by atoms with Gasteiger partial charge in [-0.3, -0.25) is 14.5 Å². The Morgan fingerprint density at radius 1 is 1.20 bits per heavy atom. The van der Waals surface area contributed by atoms with E-state index in [1.807, 2.05) is 37.3 Å². The number of carbonyl (C=O) groups is 3. The summed E-state index contributed by atoms with van der Waals surface area (Å²) < 4.78 is 1.72. The van der Waals surface area contributed by atoms with Crippen LogP contribution in [0.4, 0.5) is 4.79 Å². The molecule has 2 aliphatic rings. The van der Waals surface area contributed by atoms with Crippen LogP contribution in [0.1, 0.15) is 16.1 Å². The van der Waals surface area contributed by atoms with Crippen molar-refractivity contribution in [2.75, 3.05) is 19.6 Å². The first-order valence-corrected chi connectivity index (χ1v) is 8.05. The fourth-order valence-electron chi connectivity index (χ4n) is 3.21. The van der Waals surface area contributed by atoms with E-state index in [2.05, 4.69) is 10.4 Å². The summed E-state index contributed by atoms with van der Waals surface area (Å²) in [5.74, 6) is -0.377. The smallest absolute Gasteiger partial charge is 0.324 e. The van der Waals surface area contributed by atoms with E-state index < -0.39 is 0 Å². The molecule has 2 saturated heterocycles. The maximum absolute atomic E-state index is 12.7. The molecule has 128 valence electrons. The van der Waals surface area contributed by atoms with Crippen molar-refractivity contribution in [2.24, 2.45) is 0 Å². The van der Waals surface area contributed by atoms with Crippen LogP contribution in [0, 0.1) is 6.92 Å². The van der Waals surface area contributed by atoms with Gasteiger partial charge in [-0.05, 0) is 19.1 Å². The zero-order chi connectivity index (χ0) is 17.6. The lowest BCUT2D eigenvalue weighted by Gasteiger charge is -2.42. The fourth-order valence-corrected chi connectivity index (χ4v) is 3.21. The molecule has 8 heteroatoms. The van der Waals surface area contributed by atoms with Crippen molar-refractivity contribution < 1.29 is 14.4 Å². The second-order valence-corrected chi connectivity index (χ2v) is 6.18. The molecular formula is C17H17N5O3. The number of rotatable bonds is 3. The van der Waals surface area contributed by atoms with E-state index in [1.54, 1.807) is 15.8 Å². The van der Waals surface area contributed by atoms with E-state index in [9.17, 15) is 14.4 Å². The summed E-state index contributed by atoms with van der Waals surface area (Å²) >= 11 is 0. The highest BCUT2D eigenvalue weighted by Crippen LogP contribution is 2.22. The van der Waals surface area contributed by atoms with E-state index >= 15 is 0 Å². The molecule has 8 nitrogen and oxygen atoms in total. The highest BCUT2D eigenvalue weighted by atomic mass is 16.2. The summed E-state index contributed by atoms with van der Waals surface area (Å²) in [7, 11) is 0. The molecule has 0 bridgehead atoms. The number of nitrogens with zero attached hydrogens (tertiary/aromatic N) is 4. The van der Waals surface area contributed by atoms with E-state index in [0.717, 1.165) is 11.4 Å². The van der Waals surface area contributed by atoms with Crippen molar-refractivity contribution in [2.45, 2.75) is 13.0 Å². The minimum atomic E-state index is -0.379. The lowest BCUT2D eigenvalue weighted by atomic mass is 10.1. The molecule has 1 N–H and O–H groups in total. The quantitative estimate of drug-likeness (QED) is 0.828. The van der Waals surface area contributed by atoms with Crippen LogP contribution in [-0.2, 0) is 4.79 Å². The number of urea groups is 1. The van der Waals surface area contributed by atoms with Gasteiger partial charge < -0.3 is 10.2 Å². The van der Waals surface area contributed by atoms with Crippen molar-refractivity contribution in [3.8, 4) is 5.69 Å². The lowest BCUT2D eigenvalue weighted by Crippen LogP contribution is -2.62. The van der Waals surface area contributed by atoms with Crippen molar-refractivity contribution in [3.05, 3.63) is 47.8 Å². The van der Waals surface area contributed by atoms with Gasteiger partial charge in [-0.2, -0.15) is 5.10 Å². The second-order valence-electron chi connectivity index (χ2n) is 6.18. The Bertz CT molecular complexity index is 838. The van der Waals surface area contributed by atoms with Gasteiger partial charge in [0.1, 0.15) is 0 Å². The first kappa shape index (κ1) is 15.4. The van der Waals surface area contributed by atoms with Gasteiger partial charge in [-0.25, -0.2) is 9.48 Å². The van der Waals surface area contributed by atoms with E-state index in [-0.39, 0.29) is 30.4 Å². The van der Waals surface area contributed by atoms with Gasteiger partial charge in [0.05, 0.1) is 35.7 Å². The normalized spacial score (nSPS) is 17.6. The number of hydrogen-bond acceptors (Lipinski definition) is 4. The Labute approximate surface area is 144 Å². The average Bonchev–Trinajstić information content (AvgIpc) is 3.11. The topological polar surface area (TPSA) is 87.5 Å². The molecule has 4 rings (SSSR count). The summed E-state index contributed by atoms with van der Waals surface area (Å²) in [6.45, 7) is 2.59. The molecule has 2 fully saturated rings. The summed E-state index contributed by atoms with van der Waals surface area (Å²) in [6, 6.07) is 8.96. The number of benzene rings is 1. The number of amides is 4. The molecule has 0 spiro atoms. The van der Waals surface area contributed by atoms with Gasteiger partial charge in [0.2, 0.25) is 5.91 Å². The summed E-state index contributed by atoms with van der Waals surface area (Å²) in [4.78, 5) is 38.9. The number of nitrogens with one attached hydrogen (secondary N) is 1. The Morgan fingerprint density at radius 2 is 1.92 bits per heavy atom. The maximum Gasteiger partial charge on any atom is 0.324 e. The molecule has 0 radical (unpaired) electrons. The van der Waals surface area contributed by atoms with E-state index in [0.29, 0.717) is 18.7 Å². The SMILES string of the molecule is Cc1c(C(=O)N2CC(N3C(=O)CNC3=O)C2)cnn1-c1ccccc1. The van der Waals surface area contributed by atoms with Crippen LogP contribution in [0.25, 0.3) is 5.69 Å². The van der Waals surface area contributed by atoms with Crippen LogP contribution in [0.15, 0.2) is 36.5 Å². The minimum absolute atomic E-state index is 0.0340. The van der Waals surface area contributed by atoms with Crippen molar-refractivity contribution in [1.29, 1.82) is 0 Å². The molecule has 25 heavy (non-hydrogen) atoms. The van der Waals surface area contributed by atoms with Gasteiger partial charge in [0.25, 0.3) is 5.91 Å². The molecule has 3 heterocycles. The Balaban J connectivity index is 1.47. The Kier molecular flexibility index (Phi) is 3.52. The summed E-state index contributed by atoms with van der Waals surface area (Å²) in [6.07, 6.45) is 1.56. The molecule has 1 aromatic carbocycles. The molecule has 2 aromatic rings.